The first kappa shape index (κ1) is 18.0. The normalized spacial score (nSPS) is 15.8. The van der Waals surface area contributed by atoms with E-state index in [4.69, 9.17) is 4.74 Å². The Kier molecular flexibility index (Phi) is 5.16. The molecule has 6 heteroatoms. The molecular formula is C21H28N4O2. The molecule has 0 aliphatic heterocycles. The maximum absolute atomic E-state index is 12.9. The monoisotopic (exact) mass is 368 g/mol. The summed E-state index contributed by atoms with van der Waals surface area (Å²) in [6.07, 6.45) is 9.32. The van der Waals surface area contributed by atoms with Crippen LogP contribution in [-0.2, 0) is 6.54 Å². The van der Waals surface area contributed by atoms with E-state index in [0.29, 0.717) is 23.6 Å². The first-order valence-electron chi connectivity index (χ1n) is 9.92. The molecule has 1 N–H and O–H groups in total. The molecule has 1 saturated carbocycles. The lowest BCUT2D eigenvalue weighted by molar-refractivity contribution is 0.187. The standard InChI is InChI=1S/C21H28N4O2/c1-24(15-7-4-3-5-8-15)11-6-12-25-14-22-19-17-13-16(27-2)9-10-18(17)23-20(19)21(25)26/h9-10,13-15,23H,3-8,11-12H2,1-2H3. The van der Waals surface area contributed by atoms with Gasteiger partial charge in [0.25, 0.3) is 5.56 Å². The molecule has 0 unspecified atom stereocenters. The summed E-state index contributed by atoms with van der Waals surface area (Å²) in [6.45, 7) is 1.70. The predicted octanol–water partition coefficient (Wildman–Crippen LogP) is 3.54. The van der Waals surface area contributed by atoms with Gasteiger partial charge in [0.1, 0.15) is 16.8 Å². The Labute approximate surface area is 159 Å². The summed E-state index contributed by atoms with van der Waals surface area (Å²) in [6, 6.07) is 6.44. The Hall–Kier alpha value is -2.34. The molecular weight excluding hydrogens is 340 g/mol. The Morgan fingerprint density at radius 2 is 2.11 bits per heavy atom. The Bertz CT molecular complexity index is 985. The van der Waals surface area contributed by atoms with Crippen molar-refractivity contribution in [3.05, 3.63) is 34.9 Å². The van der Waals surface area contributed by atoms with Crippen LogP contribution >= 0.6 is 0 Å². The summed E-state index contributed by atoms with van der Waals surface area (Å²) in [5.74, 6) is 0.764. The largest absolute Gasteiger partial charge is 0.497 e. The number of methoxy groups -OCH3 is 1. The number of aryl methyl sites for hydroxylation is 1. The third-order valence-electron chi connectivity index (χ3n) is 5.89. The highest BCUT2D eigenvalue weighted by Gasteiger charge is 2.17. The van der Waals surface area contributed by atoms with E-state index in [1.807, 2.05) is 18.2 Å². The molecule has 0 bridgehead atoms. The average Bonchev–Trinajstić information content (AvgIpc) is 3.09. The number of hydrogen-bond donors (Lipinski definition) is 1. The molecule has 0 spiro atoms. The Balaban J connectivity index is 1.50. The van der Waals surface area contributed by atoms with E-state index in [1.54, 1.807) is 18.0 Å². The van der Waals surface area contributed by atoms with E-state index in [1.165, 1.54) is 32.1 Å². The third kappa shape index (κ3) is 3.58. The molecule has 1 aliphatic carbocycles. The van der Waals surface area contributed by atoms with Gasteiger partial charge in [-0.3, -0.25) is 9.36 Å². The number of aromatic amines is 1. The lowest BCUT2D eigenvalue weighted by Gasteiger charge is -2.31. The van der Waals surface area contributed by atoms with Crippen molar-refractivity contribution in [2.24, 2.45) is 0 Å². The minimum absolute atomic E-state index is 0.00418. The van der Waals surface area contributed by atoms with Gasteiger partial charge in [0.15, 0.2) is 0 Å². The molecule has 3 aromatic rings. The van der Waals surface area contributed by atoms with Crippen molar-refractivity contribution in [2.45, 2.75) is 51.1 Å². The fourth-order valence-electron chi connectivity index (χ4n) is 4.25. The predicted molar refractivity (Wildman–Crippen MR) is 109 cm³/mol. The SMILES string of the molecule is COc1ccc2[nH]c3c(=O)n(CCCN(C)C4CCCCC4)cnc3c2c1. The van der Waals surface area contributed by atoms with Gasteiger partial charge in [-0.2, -0.15) is 0 Å². The second-order valence-corrected chi connectivity index (χ2v) is 7.63. The summed E-state index contributed by atoms with van der Waals surface area (Å²) in [4.78, 5) is 23.1. The molecule has 144 valence electrons. The maximum atomic E-state index is 12.9. The van der Waals surface area contributed by atoms with E-state index < -0.39 is 0 Å². The van der Waals surface area contributed by atoms with Crippen LogP contribution in [-0.4, -0.2) is 46.2 Å². The highest BCUT2D eigenvalue weighted by molar-refractivity contribution is 6.04. The van der Waals surface area contributed by atoms with Gasteiger partial charge in [-0.1, -0.05) is 19.3 Å². The van der Waals surface area contributed by atoms with E-state index in [9.17, 15) is 4.79 Å². The van der Waals surface area contributed by atoms with Gasteiger partial charge in [-0.05, 0) is 51.1 Å². The fourth-order valence-corrected chi connectivity index (χ4v) is 4.25. The highest BCUT2D eigenvalue weighted by Crippen LogP contribution is 2.25. The number of benzene rings is 1. The van der Waals surface area contributed by atoms with Crippen LogP contribution < -0.4 is 10.3 Å². The molecule has 0 radical (unpaired) electrons. The van der Waals surface area contributed by atoms with Crippen molar-refractivity contribution in [2.75, 3.05) is 20.7 Å². The Morgan fingerprint density at radius 1 is 1.30 bits per heavy atom. The van der Waals surface area contributed by atoms with Crippen LogP contribution in [0.1, 0.15) is 38.5 Å². The van der Waals surface area contributed by atoms with Gasteiger partial charge in [0.05, 0.1) is 13.4 Å². The summed E-state index contributed by atoms with van der Waals surface area (Å²) < 4.78 is 7.02. The molecule has 1 aliphatic rings. The number of ether oxygens (including phenoxy) is 1. The van der Waals surface area contributed by atoms with Gasteiger partial charge in [-0.25, -0.2) is 4.98 Å². The van der Waals surface area contributed by atoms with E-state index in [-0.39, 0.29) is 5.56 Å². The first-order chi connectivity index (χ1) is 13.2. The molecule has 0 amide bonds. The molecule has 4 rings (SSSR count). The van der Waals surface area contributed by atoms with E-state index in [2.05, 4.69) is 21.9 Å². The van der Waals surface area contributed by atoms with E-state index >= 15 is 0 Å². The van der Waals surface area contributed by atoms with Crippen LogP contribution in [0.5, 0.6) is 5.75 Å². The van der Waals surface area contributed by atoms with Crippen molar-refractivity contribution in [1.29, 1.82) is 0 Å². The van der Waals surface area contributed by atoms with Crippen LogP contribution in [0.3, 0.4) is 0 Å². The van der Waals surface area contributed by atoms with Gasteiger partial charge in [0, 0.05) is 23.5 Å². The van der Waals surface area contributed by atoms with Gasteiger partial charge < -0.3 is 14.6 Å². The molecule has 2 aromatic heterocycles. The number of H-pyrrole nitrogens is 1. The molecule has 1 aromatic carbocycles. The summed E-state index contributed by atoms with van der Waals surface area (Å²) in [7, 11) is 3.85. The number of rotatable bonds is 6. The topological polar surface area (TPSA) is 63.2 Å². The number of aromatic nitrogens is 3. The second-order valence-electron chi connectivity index (χ2n) is 7.63. The summed E-state index contributed by atoms with van der Waals surface area (Å²) >= 11 is 0. The first-order valence-corrected chi connectivity index (χ1v) is 9.92. The third-order valence-corrected chi connectivity index (χ3v) is 5.89. The quantitative estimate of drug-likeness (QED) is 0.723. The van der Waals surface area contributed by atoms with Crippen molar-refractivity contribution in [3.8, 4) is 5.75 Å². The van der Waals surface area contributed by atoms with Crippen molar-refractivity contribution in [3.63, 3.8) is 0 Å². The maximum Gasteiger partial charge on any atom is 0.277 e. The van der Waals surface area contributed by atoms with Crippen molar-refractivity contribution >= 4 is 21.9 Å². The van der Waals surface area contributed by atoms with Crippen LogP contribution in [0, 0.1) is 0 Å². The number of nitrogens with one attached hydrogen (secondary N) is 1. The van der Waals surface area contributed by atoms with Crippen molar-refractivity contribution in [1.82, 2.24) is 19.4 Å². The number of hydrogen-bond acceptors (Lipinski definition) is 4. The average molecular weight is 368 g/mol. The molecule has 27 heavy (non-hydrogen) atoms. The van der Waals surface area contributed by atoms with Crippen LogP contribution in [0.15, 0.2) is 29.3 Å². The van der Waals surface area contributed by atoms with Gasteiger partial charge in [-0.15, -0.1) is 0 Å². The number of fused-ring (bicyclic) bond motifs is 3. The zero-order valence-electron chi connectivity index (χ0n) is 16.2. The van der Waals surface area contributed by atoms with Crippen LogP contribution in [0.25, 0.3) is 21.9 Å². The van der Waals surface area contributed by atoms with Gasteiger partial charge in [0.2, 0.25) is 0 Å². The summed E-state index contributed by atoms with van der Waals surface area (Å²) in [5.41, 5.74) is 2.19. The Morgan fingerprint density at radius 3 is 2.89 bits per heavy atom. The number of nitrogens with zero attached hydrogens (tertiary/aromatic N) is 3. The molecule has 1 fully saturated rings. The second kappa shape index (κ2) is 7.72. The molecule has 2 heterocycles. The zero-order chi connectivity index (χ0) is 18.8. The van der Waals surface area contributed by atoms with Crippen LogP contribution in [0.2, 0.25) is 0 Å². The highest BCUT2D eigenvalue weighted by atomic mass is 16.5. The fraction of sp³-hybridized carbons (Fsp3) is 0.524. The minimum Gasteiger partial charge on any atom is -0.497 e. The smallest absolute Gasteiger partial charge is 0.277 e. The van der Waals surface area contributed by atoms with Crippen molar-refractivity contribution < 1.29 is 4.74 Å². The zero-order valence-corrected chi connectivity index (χ0v) is 16.2. The van der Waals surface area contributed by atoms with Gasteiger partial charge >= 0.3 is 0 Å². The molecule has 0 saturated heterocycles. The molecule has 0 atom stereocenters. The lowest BCUT2D eigenvalue weighted by atomic mass is 9.94. The molecule has 6 nitrogen and oxygen atoms in total. The minimum atomic E-state index is -0.00418. The van der Waals surface area contributed by atoms with Crippen LogP contribution in [0.4, 0.5) is 0 Å². The lowest BCUT2D eigenvalue weighted by Crippen LogP contribution is -2.35. The van der Waals surface area contributed by atoms with E-state index in [0.717, 1.165) is 29.6 Å². The summed E-state index contributed by atoms with van der Waals surface area (Å²) in [5, 5.41) is 0.922.